The van der Waals surface area contributed by atoms with Crippen LogP contribution in [0.4, 0.5) is 0 Å². The van der Waals surface area contributed by atoms with Crippen LogP contribution in [0.25, 0.3) is 0 Å². The minimum absolute atomic E-state index is 0.479. The minimum Gasteiger partial charge on any atom is -0.313 e. The fourth-order valence-corrected chi connectivity index (χ4v) is 3.82. The van der Waals surface area contributed by atoms with Gasteiger partial charge in [-0.2, -0.15) is 0 Å². The van der Waals surface area contributed by atoms with Crippen LogP contribution >= 0.6 is 0 Å². The second-order valence-electron chi connectivity index (χ2n) is 7.32. The summed E-state index contributed by atoms with van der Waals surface area (Å²) < 4.78 is 0. The second kappa shape index (κ2) is 6.55. The summed E-state index contributed by atoms with van der Waals surface area (Å²) in [6.07, 6.45) is 4.03. The third kappa shape index (κ3) is 3.93. The number of nitrogens with zero attached hydrogens (tertiary/aromatic N) is 2. The van der Waals surface area contributed by atoms with Crippen molar-refractivity contribution < 1.29 is 0 Å². The molecule has 1 aliphatic carbocycles. The number of hydrogen-bond acceptors (Lipinski definition) is 3. The van der Waals surface area contributed by atoms with Crippen molar-refractivity contribution in [2.24, 2.45) is 11.3 Å². The lowest BCUT2D eigenvalue weighted by Gasteiger charge is -2.37. The summed E-state index contributed by atoms with van der Waals surface area (Å²) >= 11 is 0. The maximum atomic E-state index is 3.83. The molecule has 0 amide bonds. The van der Waals surface area contributed by atoms with E-state index in [1.54, 1.807) is 0 Å². The largest absolute Gasteiger partial charge is 0.313 e. The lowest BCUT2D eigenvalue weighted by molar-refractivity contribution is 0.122. The third-order valence-corrected chi connectivity index (χ3v) is 5.18. The van der Waals surface area contributed by atoms with Gasteiger partial charge in [-0.05, 0) is 44.2 Å². The molecule has 1 N–H and O–H groups in total. The zero-order valence-corrected chi connectivity index (χ0v) is 13.4. The third-order valence-electron chi connectivity index (χ3n) is 5.18. The Hall–Kier alpha value is -0.120. The highest BCUT2D eigenvalue weighted by molar-refractivity contribution is 4.97. The van der Waals surface area contributed by atoms with E-state index >= 15 is 0 Å². The van der Waals surface area contributed by atoms with Crippen molar-refractivity contribution in [1.29, 1.82) is 0 Å². The first kappa shape index (κ1) is 15.3. The van der Waals surface area contributed by atoms with E-state index in [0.717, 1.165) is 5.92 Å². The predicted octanol–water partition coefficient (Wildman–Crippen LogP) is 2.04. The summed E-state index contributed by atoms with van der Waals surface area (Å²) in [4.78, 5) is 5.13. The van der Waals surface area contributed by atoms with E-state index in [2.05, 4.69) is 42.9 Å². The molecule has 0 radical (unpaired) electrons. The Morgan fingerprint density at radius 1 is 1.16 bits per heavy atom. The van der Waals surface area contributed by atoms with E-state index < -0.39 is 0 Å². The second-order valence-corrected chi connectivity index (χ2v) is 7.32. The van der Waals surface area contributed by atoms with Crippen LogP contribution in [0.1, 0.15) is 40.0 Å². The molecule has 0 aromatic rings. The topological polar surface area (TPSA) is 18.5 Å². The quantitative estimate of drug-likeness (QED) is 0.822. The van der Waals surface area contributed by atoms with Crippen LogP contribution in [0.2, 0.25) is 0 Å². The summed E-state index contributed by atoms with van der Waals surface area (Å²) in [5.74, 6) is 0.852. The van der Waals surface area contributed by atoms with Crippen molar-refractivity contribution in [3.63, 3.8) is 0 Å². The Kier molecular flexibility index (Phi) is 5.27. The van der Waals surface area contributed by atoms with E-state index in [4.69, 9.17) is 0 Å². The van der Waals surface area contributed by atoms with Crippen molar-refractivity contribution in [2.75, 3.05) is 46.3 Å². The average molecular weight is 267 g/mol. The summed E-state index contributed by atoms with van der Waals surface area (Å²) in [6, 6.07) is 0.715. The Balaban J connectivity index is 1.87. The van der Waals surface area contributed by atoms with Gasteiger partial charge in [-0.1, -0.05) is 20.8 Å². The molecule has 1 saturated heterocycles. The van der Waals surface area contributed by atoms with Gasteiger partial charge in [-0.15, -0.1) is 0 Å². The van der Waals surface area contributed by atoms with Crippen LogP contribution in [-0.4, -0.2) is 62.2 Å². The number of hydrogen-bond donors (Lipinski definition) is 1. The molecule has 2 aliphatic rings. The summed E-state index contributed by atoms with van der Waals surface area (Å²) in [5.41, 5.74) is 0.479. The molecule has 19 heavy (non-hydrogen) atoms. The highest BCUT2D eigenvalue weighted by atomic mass is 15.2. The van der Waals surface area contributed by atoms with Crippen molar-refractivity contribution in [3.05, 3.63) is 0 Å². The first-order valence-electron chi connectivity index (χ1n) is 8.17. The van der Waals surface area contributed by atoms with E-state index in [0.29, 0.717) is 11.5 Å². The van der Waals surface area contributed by atoms with Gasteiger partial charge in [0.25, 0.3) is 0 Å². The van der Waals surface area contributed by atoms with Gasteiger partial charge in [0.1, 0.15) is 0 Å². The molecular formula is C16H33N3. The van der Waals surface area contributed by atoms with Gasteiger partial charge in [-0.25, -0.2) is 0 Å². The summed E-state index contributed by atoms with van der Waals surface area (Å²) in [6.45, 7) is 14.6. The molecule has 112 valence electrons. The average Bonchev–Trinajstić information content (AvgIpc) is 2.65. The van der Waals surface area contributed by atoms with Crippen molar-refractivity contribution in [1.82, 2.24) is 15.1 Å². The van der Waals surface area contributed by atoms with Crippen LogP contribution in [0, 0.1) is 11.3 Å². The lowest BCUT2D eigenvalue weighted by Crippen LogP contribution is -2.50. The Bertz CT molecular complexity index is 269. The van der Waals surface area contributed by atoms with Crippen molar-refractivity contribution in [3.8, 4) is 0 Å². The molecule has 1 heterocycles. The maximum Gasteiger partial charge on any atom is 0.0159 e. The first-order valence-corrected chi connectivity index (χ1v) is 8.17. The molecule has 3 nitrogen and oxygen atoms in total. The Morgan fingerprint density at radius 2 is 1.84 bits per heavy atom. The molecule has 2 unspecified atom stereocenters. The SMILES string of the molecule is CCCNC1C(CN2CCN(C)CC2)CCC1(C)C. The Morgan fingerprint density at radius 3 is 2.47 bits per heavy atom. The molecule has 1 saturated carbocycles. The molecule has 1 aliphatic heterocycles. The van der Waals surface area contributed by atoms with Gasteiger partial charge in [0.15, 0.2) is 0 Å². The van der Waals surface area contributed by atoms with Gasteiger partial charge in [-0.3, -0.25) is 0 Å². The van der Waals surface area contributed by atoms with Crippen LogP contribution in [0.15, 0.2) is 0 Å². The number of rotatable bonds is 5. The number of piperazine rings is 1. The summed E-state index contributed by atoms with van der Waals surface area (Å²) in [5, 5.41) is 3.83. The normalized spacial score (nSPS) is 32.8. The van der Waals surface area contributed by atoms with Gasteiger partial charge < -0.3 is 15.1 Å². The molecule has 3 heteroatoms. The van der Waals surface area contributed by atoms with Crippen LogP contribution < -0.4 is 5.32 Å². The lowest BCUT2D eigenvalue weighted by atomic mass is 9.84. The molecule has 2 atom stereocenters. The van der Waals surface area contributed by atoms with Crippen LogP contribution in [-0.2, 0) is 0 Å². The molecule has 2 fully saturated rings. The molecular weight excluding hydrogens is 234 g/mol. The minimum atomic E-state index is 0.479. The van der Waals surface area contributed by atoms with E-state index in [1.807, 2.05) is 0 Å². The van der Waals surface area contributed by atoms with Crippen molar-refractivity contribution in [2.45, 2.75) is 46.1 Å². The maximum absolute atomic E-state index is 3.83. The number of nitrogens with one attached hydrogen (secondary N) is 1. The first-order chi connectivity index (χ1) is 9.03. The zero-order valence-electron chi connectivity index (χ0n) is 13.4. The number of likely N-dealkylation sites (N-methyl/N-ethyl adjacent to an activating group) is 1. The molecule has 0 aromatic heterocycles. The fraction of sp³-hybridized carbons (Fsp3) is 1.00. The molecule has 0 aromatic carbocycles. The smallest absolute Gasteiger partial charge is 0.0159 e. The van der Waals surface area contributed by atoms with Crippen molar-refractivity contribution >= 4 is 0 Å². The van der Waals surface area contributed by atoms with E-state index in [9.17, 15) is 0 Å². The van der Waals surface area contributed by atoms with Crippen LogP contribution in [0.5, 0.6) is 0 Å². The molecule has 2 rings (SSSR count). The highest BCUT2D eigenvalue weighted by Crippen LogP contribution is 2.41. The Labute approximate surface area is 119 Å². The van der Waals surface area contributed by atoms with Gasteiger partial charge in [0, 0.05) is 38.8 Å². The monoisotopic (exact) mass is 267 g/mol. The molecule has 0 spiro atoms. The highest BCUT2D eigenvalue weighted by Gasteiger charge is 2.41. The zero-order chi connectivity index (χ0) is 13.9. The summed E-state index contributed by atoms with van der Waals surface area (Å²) in [7, 11) is 2.24. The predicted molar refractivity (Wildman–Crippen MR) is 82.5 cm³/mol. The van der Waals surface area contributed by atoms with E-state index in [1.165, 1.54) is 58.5 Å². The van der Waals surface area contributed by atoms with Gasteiger partial charge >= 0.3 is 0 Å². The molecule has 0 bridgehead atoms. The standard InChI is InChI=1S/C16H33N3/c1-5-8-17-15-14(6-7-16(15,2)3)13-19-11-9-18(4)10-12-19/h14-15,17H,5-13H2,1-4H3. The van der Waals surface area contributed by atoms with Gasteiger partial charge in [0.2, 0.25) is 0 Å². The van der Waals surface area contributed by atoms with Gasteiger partial charge in [0.05, 0.1) is 0 Å². The fourth-order valence-electron chi connectivity index (χ4n) is 3.82. The van der Waals surface area contributed by atoms with Crippen LogP contribution in [0.3, 0.4) is 0 Å². The van der Waals surface area contributed by atoms with E-state index in [-0.39, 0.29) is 0 Å².